The topological polar surface area (TPSA) is 79.5 Å². The predicted octanol–water partition coefficient (Wildman–Crippen LogP) is 2.38. The van der Waals surface area contributed by atoms with Crippen molar-refractivity contribution in [2.24, 2.45) is 0 Å². The Morgan fingerprint density at radius 3 is 2.56 bits per heavy atom. The number of piperazine rings is 1. The molecule has 2 aromatic heterocycles. The molecule has 1 atom stereocenters. The zero-order chi connectivity index (χ0) is 17.6. The third-order valence-electron chi connectivity index (χ3n) is 4.89. The molecule has 1 aliphatic carbocycles. The van der Waals surface area contributed by atoms with Gasteiger partial charge in [0.15, 0.2) is 5.82 Å². The molecule has 0 spiro atoms. The van der Waals surface area contributed by atoms with Gasteiger partial charge in [0, 0.05) is 37.0 Å². The second-order valence-electron chi connectivity index (χ2n) is 6.75. The summed E-state index contributed by atoms with van der Waals surface area (Å²) in [7, 11) is -3.38. The Morgan fingerprint density at radius 2 is 1.96 bits per heavy atom. The van der Waals surface area contributed by atoms with Crippen molar-refractivity contribution in [1.82, 2.24) is 19.3 Å². The normalized spacial score (nSPS) is 21.5. The minimum Gasteiger partial charge on any atom is -0.338 e. The highest BCUT2D eigenvalue weighted by molar-refractivity contribution is 7.91. The monoisotopic (exact) mass is 382 g/mol. The molecule has 0 aromatic carbocycles. The van der Waals surface area contributed by atoms with E-state index in [4.69, 9.17) is 4.52 Å². The van der Waals surface area contributed by atoms with Crippen molar-refractivity contribution in [2.75, 3.05) is 26.2 Å². The summed E-state index contributed by atoms with van der Waals surface area (Å²) in [5.74, 6) is 1.92. The van der Waals surface area contributed by atoms with E-state index in [9.17, 15) is 8.42 Å². The maximum absolute atomic E-state index is 12.7. The van der Waals surface area contributed by atoms with Crippen LogP contribution in [-0.2, 0) is 10.0 Å². The number of sulfonamides is 1. The Kier molecular flexibility index (Phi) is 4.43. The molecule has 4 rings (SSSR count). The van der Waals surface area contributed by atoms with Crippen LogP contribution in [0, 0.1) is 6.92 Å². The predicted molar refractivity (Wildman–Crippen MR) is 94.1 cm³/mol. The van der Waals surface area contributed by atoms with E-state index in [1.165, 1.54) is 11.3 Å². The van der Waals surface area contributed by atoms with Crippen LogP contribution < -0.4 is 0 Å². The van der Waals surface area contributed by atoms with Crippen molar-refractivity contribution in [1.29, 1.82) is 0 Å². The lowest BCUT2D eigenvalue weighted by atomic mass is 10.2. The van der Waals surface area contributed by atoms with Crippen molar-refractivity contribution >= 4 is 21.4 Å². The molecule has 0 N–H and O–H groups in total. The molecule has 25 heavy (non-hydrogen) atoms. The summed E-state index contributed by atoms with van der Waals surface area (Å²) in [6.07, 6.45) is 2.29. The number of hydrogen-bond acceptors (Lipinski definition) is 7. The molecule has 1 aliphatic heterocycles. The smallest absolute Gasteiger partial charge is 0.252 e. The SMILES string of the molecule is Cc1ccc(S(=O)(=O)N2CCN([C@@H](C)c3nc(C4CC4)no3)CC2)s1. The summed E-state index contributed by atoms with van der Waals surface area (Å²) in [5.41, 5.74) is 0. The van der Waals surface area contributed by atoms with Gasteiger partial charge in [0.2, 0.25) is 5.89 Å². The van der Waals surface area contributed by atoms with Gasteiger partial charge in [-0.3, -0.25) is 4.90 Å². The Hall–Kier alpha value is -1.29. The van der Waals surface area contributed by atoms with E-state index in [2.05, 4.69) is 15.0 Å². The van der Waals surface area contributed by atoms with Gasteiger partial charge in [0.05, 0.1) is 6.04 Å². The van der Waals surface area contributed by atoms with Crippen molar-refractivity contribution < 1.29 is 12.9 Å². The first-order chi connectivity index (χ1) is 11.9. The molecule has 2 fully saturated rings. The van der Waals surface area contributed by atoms with Crippen LogP contribution in [0.25, 0.3) is 0 Å². The largest absolute Gasteiger partial charge is 0.338 e. The average molecular weight is 383 g/mol. The zero-order valence-corrected chi connectivity index (χ0v) is 16.0. The number of hydrogen-bond donors (Lipinski definition) is 0. The molecule has 1 saturated heterocycles. The highest BCUT2D eigenvalue weighted by Gasteiger charge is 2.34. The van der Waals surface area contributed by atoms with Gasteiger partial charge in [-0.2, -0.15) is 9.29 Å². The first-order valence-electron chi connectivity index (χ1n) is 8.59. The van der Waals surface area contributed by atoms with Gasteiger partial charge in [-0.15, -0.1) is 11.3 Å². The quantitative estimate of drug-likeness (QED) is 0.790. The molecule has 2 aliphatic rings. The molecular formula is C16H22N4O3S2. The molecule has 0 amide bonds. The summed E-state index contributed by atoms with van der Waals surface area (Å²) in [5, 5.41) is 4.07. The third-order valence-corrected chi connectivity index (χ3v) is 8.25. The zero-order valence-electron chi connectivity index (χ0n) is 14.4. The maximum Gasteiger partial charge on any atom is 0.252 e. The summed E-state index contributed by atoms with van der Waals surface area (Å²) in [4.78, 5) is 7.73. The van der Waals surface area contributed by atoms with E-state index in [1.54, 1.807) is 10.4 Å². The van der Waals surface area contributed by atoms with Gasteiger partial charge in [-0.05, 0) is 38.8 Å². The highest BCUT2D eigenvalue weighted by atomic mass is 32.2. The lowest BCUT2D eigenvalue weighted by Gasteiger charge is -2.35. The lowest BCUT2D eigenvalue weighted by molar-refractivity contribution is 0.124. The Morgan fingerprint density at radius 1 is 1.24 bits per heavy atom. The number of rotatable bonds is 5. The Bertz CT molecular complexity index is 848. The van der Waals surface area contributed by atoms with Crippen molar-refractivity contribution in [3.05, 3.63) is 28.7 Å². The van der Waals surface area contributed by atoms with Gasteiger partial charge in [0.1, 0.15) is 4.21 Å². The van der Waals surface area contributed by atoms with Crippen LogP contribution in [0.2, 0.25) is 0 Å². The van der Waals surface area contributed by atoms with Gasteiger partial charge in [-0.25, -0.2) is 8.42 Å². The molecule has 3 heterocycles. The van der Waals surface area contributed by atoms with Crippen LogP contribution in [0.15, 0.2) is 20.9 Å². The van der Waals surface area contributed by atoms with Crippen LogP contribution in [0.5, 0.6) is 0 Å². The third kappa shape index (κ3) is 3.38. The summed E-state index contributed by atoms with van der Waals surface area (Å²) in [6.45, 7) is 6.23. The second kappa shape index (κ2) is 6.46. The molecular weight excluding hydrogens is 360 g/mol. The fourth-order valence-corrected chi connectivity index (χ4v) is 5.95. The molecule has 7 nitrogen and oxygen atoms in total. The van der Waals surface area contributed by atoms with E-state index < -0.39 is 10.0 Å². The van der Waals surface area contributed by atoms with Crippen LogP contribution in [0.1, 0.15) is 48.3 Å². The van der Waals surface area contributed by atoms with E-state index in [0.29, 0.717) is 42.2 Å². The van der Waals surface area contributed by atoms with Crippen LogP contribution in [-0.4, -0.2) is 53.9 Å². The van der Waals surface area contributed by atoms with Crippen molar-refractivity contribution in [3.8, 4) is 0 Å². The number of thiophene rings is 1. The molecule has 2 aromatic rings. The van der Waals surface area contributed by atoms with Crippen LogP contribution in [0.3, 0.4) is 0 Å². The summed E-state index contributed by atoms with van der Waals surface area (Å²) in [6, 6.07) is 3.55. The van der Waals surface area contributed by atoms with E-state index in [-0.39, 0.29) is 6.04 Å². The highest BCUT2D eigenvalue weighted by Crippen LogP contribution is 2.38. The van der Waals surface area contributed by atoms with Gasteiger partial charge in [0.25, 0.3) is 10.0 Å². The van der Waals surface area contributed by atoms with Crippen molar-refractivity contribution in [3.63, 3.8) is 0 Å². The molecule has 136 valence electrons. The Balaban J connectivity index is 1.40. The van der Waals surface area contributed by atoms with E-state index in [1.807, 2.05) is 19.9 Å². The fraction of sp³-hybridized carbons (Fsp3) is 0.625. The molecule has 0 unspecified atom stereocenters. The average Bonchev–Trinajstić information content (AvgIpc) is 3.16. The van der Waals surface area contributed by atoms with E-state index in [0.717, 1.165) is 23.5 Å². The maximum atomic E-state index is 12.7. The lowest BCUT2D eigenvalue weighted by Crippen LogP contribution is -2.49. The number of aromatic nitrogens is 2. The summed E-state index contributed by atoms with van der Waals surface area (Å²) >= 11 is 1.33. The van der Waals surface area contributed by atoms with Gasteiger partial charge in [-0.1, -0.05) is 5.16 Å². The standard InChI is InChI=1S/C16H22N4O3S2/c1-11-3-6-14(24-11)25(21,22)20-9-7-19(8-10-20)12(2)16-17-15(18-23-16)13-4-5-13/h3,6,12-13H,4-5,7-10H2,1-2H3/t12-/m0/s1. The first-order valence-corrected chi connectivity index (χ1v) is 10.8. The van der Waals surface area contributed by atoms with E-state index >= 15 is 0 Å². The van der Waals surface area contributed by atoms with Gasteiger partial charge >= 0.3 is 0 Å². The molecule has 1 saturated carbocycles. The number of nitrogens with zero attached hydrogens (tertiary/aromatic N) is 4. The fourth-order valence-electron chi connectivity index (χ4n) is 3.09. The molecule has 0 radical (unpaired) electrons. The van der Waals surface area contributed by atoms with Crippen LogP contribution in [0.4, 0.5) is 0 Å². The summed E-state index contributed by atoms with van der Waals surface area (Å²) < 4.78 is 32.8. The molecule has 9 heteroatoms. The minimum absolute atomic E-state index is 0.00818. The molecule has 0 bridgehead atoms. The van der Waals surface area contributed by atoms with Gasteiger partial charge < -0.3 is 4.52 Å². The Labute approximate surface area is 151 Å². The second-order valence-corrected chi connectivity index (χ2v) is 10.2. The first kappa shape index (κ1) is 17.1. The van der Waals surface area contributed by atoms with Crippen LogP contribution >= 0.6 is 11.3 Å². The minimum atomic E-state index is -3.38. The van der Waals surface area contributed by atoms with Crippen molar-refractivity contribution in [2.45, 2.75) is 42.9 Å². The number of aryl methyl sites for hydroxylation is 1.